The number of rotatable bonds is 4. The molecule has 1 saturated heterocycles. The minimum Gasteiger partial charge on any atom is -0.377 e. The van der Waals surface area contributed by atoms with Crippen molar-refractivity contribution >= 4 is 33.3 Å². The molecule has 0 N–H and O–H groups in total. The topological polar surface area (TPSA) is 35.0 Å². The fourth-order valence-electron chi connectivity index (χ4n) is 2.80. The highest BCUT2D eigenvalue weighted by atomic mass is 32.2. The summed E-state index contributed by atoms with van der Waals surface area (Å²) in [4.78, 5) is 11.3. The van der Waals surface area contributed by atoms with E-state index >= 15 is 0 Å². The Bertz CT molecular complexity index is 782. The average molecular weight is 342 g/mol. The molecule has 3 nitrogen and oxygen atoms in total. The largest absolute Gasteiger partial charge is 0.377 e. The van der Waals surface area contributed by atoms with Crippen molar-refractivity contribution in [3.8, 4) is 10.4 Å². The normalized spacial score (nSPS) is 18.3. The summed E-state index contributed by atoms with van der Waals surface area (Å²) in [5.41, 5.74) is 1.24. The van der Waals surface area contributed by atoms with Crippen LogP contribution in [0.5, 0.6) is 0 Å². The Morgan fingerprint density at radius 1 is 1.17 bits per heavy atom. The Morgan fingerprint density at radius 3 is 2.91 bits per heavy atom. The van der Waals surface area contributed by atoms with Crippen LogP contribution < -0.4 is 0 Å². The molecule has 3 heterocycles. The number of aromatic nitrogens is 2. The maximum atomic E-state index is 5.82. The first-order valence-corrected chi connectivity index (χ1v) is 9.75. The Hall–Kier alpha value is -1.43. The zero-order valence-electron chi connectivity index (χ0n) is 12.8. The summed E-state index contributed by atoms with van der Waals surface area (Å²) in [6.45, 7) is 0.904. The van der Waals surface area contributed by atoms with Crippen LogP contribution in [0.25, 0.3) is 20.7 Å². The van der Waals surface area contributed by atoms with Gasteiger partial charge < -0.3 is 4.74 Å². The molecule has 5 heteroatoms. The van der Waals surface area contributed by atoms with E-state index < -0.39 is 0 Å². The van der Waals surface area contributed by atoms with Crippen LogP contribution in [0, 0.1) is 0 Å². The van der Waals surface area contributed by atoms with Gasteiger partial charge in [-0.1, -0.05) is 30.3 Å². The van der Waals surface area contributed by atoms with Crippen molar-refractivity contribution < 1.29 is 4.74 Å². The molecule has 0 saturated carbocycles. The van der Waals surface area contributed by atoms with Gasteiger partial charge in [0.25, 0.3) is 0 Å². The first-order chi connectivity index (χ1) is 11.4. The van der Waals surface area contributed by atoms with E-state index in [0.29, 0.717) is 6.10 Å². The van der Waals surface area contributed by atoms with Crippen molar-refractivity contribution in [2.45, 2.75) is 30.4 Å². The van der Waals surface area contributed by atoms with Crippen molar-refractivity contribution in [1.29, 1.82) is 0 Å². The van der Waals surface area contributed by atoms with Crippen LogP contribution >= 0.6 is 23.1 Å². The summed E-state index contributed by atoms with van der Waals surface area (Å²) in [7, 11) is 0. The molecule has 118 valence electrons. The summed E-state index contributed by atoms with van der Waals surface area (Å²) in [6.07, 6.45) is 5.69. The Labute approximate surface area is 144 Å². The SMILES string of the molecule is c1ccc(-c2cc3c(SC[C@@H]4CCCCO4)ncnc3s2)cc1. The van der Waals surface area contributed by atoms with E-state index in [9.17, 15) is 0 Å². The third kappa shape index (κ3) is 3.42. The van der Waals surface area contributed by atoms with Gasteiger partial charge in [-0.3, -0.25) is 0 Å². The number of fused-ring (bicyclic) bond motifs is 1. The number of thioether (sulfide) groups is 1. The molecule has 1 fully saturated rings. The molecular formula is C18H18N2OS2. The molecule has 4 rings (SSSR count). The molecule has 0 amide bonds. The Kier molecular flexibility index (Phi) is 4.60. The minimum atomic E-state index is 0.367. The number of ether oxygens (including phenoxy) is 1. The molecule has 23 heavy (non-hydrogen) atoms. The van der Waals surface area contributed by atoms with Gasteiger partial charge in [-0.05, 0) is 30.9 Å². The standard InChI is InChI=1S/C18H18N2OS2/c1-2-6-13(7-3-1)16-10-15-17(19-12-20-18(15)23-16)22-11-14-8-4-5-9-21-14/h1-3,6-7,10,12,14H,4-5,8-9,11H2/t14-/m0/s1. The van der Waals surface area contributed by atoms with Crippen LogP contribution in [-0.2, 0) is 4.74 Å². The van der Waals surface area contributed by atoms with Crippen molar-refractivity contribution in [3.05, 3.63) is 42.7 Å². The lowest BCUT2D eigenvalue weighted by atomic mass is 10.1. The van der Waals surface area contributed by atoms with Gasteiger partial charge in [0.05, 0.1) is 6.10 Å². The second-order valence-corrected chi connectivity index (χ2v) is 7.71. The Morgan fingerprint density at radius 2 is 2.09 bits per heavy atom. The fourth-order valence-corrected chi connectivity index (χ4v) is 4.91. The summed E-state index contributed by atoms with van der Waals surface area (Å²) in [6, 6.07) is 12.7. The molecular weight excluding hydrogens is 324 g/mol. The smallest absolute Gasteiger partial charge is 0.128 e. The number of hydrogen-bond acceptors (Lipinski definition) is 5. The highest BCUT2D eigenvalue weighted by Gasteiger charge is 2.16. The van der Waals surface area contributed by atoms with Crippen LogP contribution in [0.3, 0.4) is 0 Å². The molecule has 0 radical (unpaired) electrons. The lowest BCUT2D eigenvalue weighted by molar-refractivity contribution is 0.0315. The van der Waals surface area contributed by atoms with Crippen molar-refractivity contribution in [1.82, 2.24) is 9.97 Å². The highest BCUT2D eigenvalue weighted by molar-refractivity contribution is 7.99. The zero-order valence-corrected chi connectivity index (χ0v) is 14.4. The van der Waals surface area contributed by atoms with Crippen LogP contribution in [0.4, 0.5) is 0 Å². The monoisotopic (exact) mass is 342 g/mol. The highest BCUT2D eigenvalue weighted by Crippen LogP contribution is 2.36. The number of thiophene rings is 1. The molecule has 1 aliphatic rings. The van der Waals surface area contributed by atoms with Gasteiger partial charge in [0.2, 0.25) is 0 Å². The van der Waals surface area contributed by atoms with Crippen molar-refractivity contribution in [2.24, 2.45) is 0 Å². The second kappa shape index (κ2) is 6.99. The molecule has 0 aliphatic carbocycles. The van der Waals surface area contributed by atoms with E-state index in [1.54, 1.807) is 29.4 Å². The predicted molar refractivity (Wildman–Crippen MR) is 97.2 cm³/mol. The van der Waals surface area contributed by atoms with Gasteiger partial charge in [-0.2, -0.15) is 0 Å². The lowest BCUT2D eigenvalue weighted by Crippen LogP contribution is -2.21. The molecule has 0 bridgehead atoms. The van der Waals surface area contributed by atoms with Crippen LogP contribution in [0.15, 0.2) is 47.8 Å². The van der Waals surface area contributed by atoms with E-state index in [-0.39, 0.29) is 0 Å². The average Bonchev–Trinajstić information content (AvgIpc) is 3.06. The summed E-state index contributed by atoms with van der Waals surface area (Å²) < 4.78 is 5.82. The van der Waals surface area contributed by atoms with Gasteiger partial charge in [0, 0.05) is 22.6 Å². The van der Waals surface area contributed by atoms with Gasteiger partial charge in [0.15, 0.2) is 0 Å². The molecule has 3 aromatic rings. The van der Waals surface area contributed by atoms with Crippen molar-refractivity contribution in [2.75, 3.05) is 12.4 Å². The van der Waals surface area contributed by atoms with E-state index in [0.717, 1.165) is 27.6 Å². The Balaban J connectivity index is 1.58. The van der Waals surface area contributed by atoms with E-state index in [1.807, 2.05) is 6.07 Å². The van der Waals surface area contributed by atoms with Crippen LogP contribution in [0.2, 0.25) is 0 Å². The quantitative estimate of drug-likeness (QED) is 0.492. The third-order valence-corrected chi connectivity index (χ3v) is 6.26. The first-order valence-electron chi connectivity index (χ1n) is 7.94. The van der Waals surface area contributed by atoms with Gasteiger partial charge in [-0.15, -0.1) is 23.1 Å². The molecule has 1 aliphatic heterocycles. The van der Waals surface area contributed by atoms with Crippen LogP contribution in [-0.4, -0.2) is 28.4 Å². The minimum absolute atomic E-state index is 0.367. The molecule has 0 unspecified atom stereocenters. The second-order valence-electron chi connectivity index (χ2n) is 5.67. The summed E-state index contributed by atoms with van der Waals surface area (Å²) in [5.74, 6) is 0.975. The van der Waals surface area contributed by atoms with Gasteiger partial charge >= 0.3 is 0 Å². The van der Waals surface area contributed by atoms with E-state index in [2.05, 4.69) is 40.3 Å². The van der Waals surface area contributed by atoms with Gasteiger partial charge in [-0.25, -0.2) is 9.97 Å². The van der Waals surface area contributed by atoms with E-state index in [4.69, 9.17) is 4.74 Å². The third-order valence-electron chi connectivity index (χ3n) is 4.03. The maximum Gasteiger partial charge on any atom is 0.128 e. The molecule has 0 spiro atoms. The first kappa shape index (κ1) is 15.1. The fraction of sp³-hybridized carbons (Fsp3) is 0.333. The van der Waals surface area contributed by atoms with Gasteiger partial charge in [0.1, 0.15) is 16.2 Å². The van der Waals surface area contributed by atoms with E-state index in [1.165, 1.54) is 29.7 Å². The molecule has 1 aromatic carbocycles. The molecule has 1 atom stereocenters. The summed E-state index contributed by atoms with van der Waals surface area (Å²) in [5, 5.41) is 2.24. The van der Waals surface area contributed by atoms with Crippen molar-refractivity contribution in [3.63, 3.8) is 0 Å². The number of nitrogens with zero attached hydrogens (tertiary/aromatic N) is 2. The number of benzene rings is 1. The number of hydrogen-bond donors (Lipinski definition) is 0. The zero-order chi connectivity index (χ0) is 15.5. The molecule has 2 aromatic heterocycles. The summed E-state index contributed by atoms with van der Waals surface area (Å²) >= 11 is 3.53. The lowest BCUT2D eigenvalue weighted by Gasteiger charge is -2.21. The maximum absolute atomic E-state index is 5.82. The predicted octanol–water partition coefficient (Wildman–Crippen LogP) is 5.02. The van der Waals surface area contributed by atoms with Crippen LogP contribution in [0.1, 0.15) is 19.3 Å².